The topological polar surface area (TPSA) is 64.8 Å². The van der Waals surface area contributed by atoms with Gasteiger partial charge < -0.3 is 18.8 Å². The van der Waals surface area contributed by atoms with Gasteiger partial charge in [-0.15, -0.1) is 0 Å². The Morgan fingerprint density at radius 2 is 1.81 bits per heavy atom. The Labute approximate surface area is 152 Å². The van der Waals surface area contributed by atoms with Gasteiger partial charge in [-0.2, -0.15) is 0 Å². The number of carbonyl (C=O) groups is 1. The minimum atomic E-state index is -0.163. The SMILES string of the molecule is COc1cc(OC)cc(C(=O)N(Cc2ccccn2)Cc2ccco2)c1. The van der Waals surface area contributed by atoms with Gasteiger partial charge in [-0.25, -0.2) is 0 Å². The summed E-state index contributed by atoms with van der Waals surface area (Å²) in [5.41, 5.74) is 1.27. The fourth-order valence-corrected chi connectivity index (χ4v) is 2.59. The van der Waals surface area contributed by atoms with Crippen molar-refractivity contribution in [1.29, 1.82) is 0 Å². The normalized spacial score (nSPS) is 10.4. The molecule has 0 saturated heterocycles. The summed E-state index contributed by atoms with van der Waals surface area (Å²) in [5, 5.41) is 0. The summed E-state index contributed by atoms with van der Waals surface area (Å²) in [6.07, 6.45) is 3.30. The number of rotatable bonds is 7. The second-order valence-corrected chi connectivity index (χ2v) is 5.66. The van der Waals surface area contributed by atoms with Crippen LogP contribution in [0.4, 0.5) is 0 Å². The second kappa shape index (κ2) is 8.20. The lowest BCUT2D eigenvalue weighted by Gasteiger charge is -2.22. The van der Waals surface area contributed by atoms with Crippen molar-refractivity contribution in [3.8, 4) is 11.5 Å². The minimum absolute atomic E-state index is 0.163. The Morgan fingerprint density at radius 1 is 1.04 bits per heavy atom. The molecule has 3 aromatic rings. The maximum atomic E-state index is 13.2. The van der Waals surface area contributed by atoms with E-state index in [1.54, 1.807) is 55.8 Å². The Hall–Kier alpha value is -3.28. The third-order valence-corrected chi connectivity index (χ3v) is 3.89. The van der Waals surface area contributed by atoms with Gasteiger partial charge in [0.1, 0.15) is 17.3 Å². The lowest BCUT2D eigenvalue weighted by atomic mass is 10.1. The Balaban J connectivity index is 1.91. The van der Waals surface area contributed by atoms with Crippen molar-refractivity contribution in [1.82, 2.24) is 9.88 Å². The summed E-state index contributed by atoms with van der Waals surface area (Å²) in [4.78, 5) is 19.2. The molecule has 1 amide bonds. The first-order valence-corrected chi connectivity index (χ1v) is 8.14. The number of benzene rings is 1. The number of hydrogen-bond acceptors (Lipinski definition) is 5. The minimum Gasteiger partial charge on any atom is -0.497 e. The van der Waals surface area contributed by atoms with E-state index in [9.17, 15) is 4.79 Å². The van der Waals surface area contributed by atoms with Crippen molar-refractivity contribution in [3.63, 3.8) is 0 Å². The van der Waals surface area contributed by atoms with Crippen LogP contribution in [0.2, 0.25) is 0 Å². The van der Waals surface area contributed by atoms with Crippen molar-refractivity contribution >= 4 is 5.91 Å². The van der Waals surface area contributed by atoms with Crippen LogP contribution < -0.4 is 9.47 Å². The number of hydrogen-bond donors (Lipinski definition) is 0. The molecule has 0 unspecified atom stereocenters. The summed E-state index contributed by atoms with van der Waals surface area (Å²) in [6, 6.07) is 14.4. The quantitative estimate of drug-likeness (QED) is 0.651. The molecule has 3 rings (SSSR count). The lowest BCUT2D eigenvalue weighted by molar-refractivity contribution is 0.0714. The van der Waals surface area contributed by atoms with Gasteiger partial charge in [0.25, 0.3) is 5.91 Å². The molecule has 134 valence electrons. The fraction of sp³-hybridized carbons (Fsp3) is 0.200. The van der Waals surface area contributed by atoms with Gasteiger partial charge in [0.2, 0.25) is 0 Å². The van der Waals surface area contributed by atoms with Crippen molar-refractivity contribution in [2.75, 3.05) is 14.2 Å². The van der Waals surface area contributed by atoms with Gasteiger partial charge in [0.05, 0.1) is 39.3 Å². The molecule has 0 bridgehead atoms. The highest BCUT2D eigenvalue weighted by molar-refractivity contribution is 5.95. The van der Waals surface area contributed by atoms with Crippen LogP contribution in [0.25, 0.3) is 0 Å². The Morgan fingerprint density at radius 3 is 2.38 bits per heavy atom. The van der Waals surface area contributed by atoms with Crippen molar-refractivity contribution in [2.24, 2.45) is 0 Å². The van der Waals surface area contributed by atoms with Gasteiger partial charge >= 0.3 is 0 Å². The van der Waals surface area contributed by atoms with Gasteiger partial charge in [-0.1, -0.05) is 6.07 Å². The maximum Gasteiger partial charge on any atom is 0.254 e. The highest BCUT2D eigenvalue weighted by atomic mass is 16.5. The largest absolute Gasteiger partial charge is 0.497 e. The number of amides is 1. The van der Waals surface area contributed by atoms with Crippen LogP contribution in [-0.2, 0) is 13.1 Å². The molecule has 0 aliphatic heterocycles. The molecule has 0 saturated carbocycles. The molecule has 2 heterocycles. The zero-order valence-electron chi connectivity index (χ0n) is 14.7. The monoisotopic (exact) mass is 352 g/mol. The predicted molar refractivity (Wildman–Crippen MR) is 96.1 cm³/mol. The third-order valence-electron chi connectivity index (χ3n) is 3.89. The average Bonchev–Trinajstić information content (AvgIpc) is 3.20. The number of pyridine rings is 1. The number of aromatic nitrogens is 1. The van der Waals surface area contributed by atoms with E-state index >= 15 is 0 Å². The lowest BCUT2D eigenvalue weighted by Crippen LogP contribution is -2.30. The van der Waals surface area contributed by atoms with E-state index < -0.39 is 0 Å². The third kappa shape index (κ3) is 4.22. The number of carbonyl (C=O) groups excluding carboxylic acids is 1. The standard InChI is InChI=1S/C20H20N2O4/c1-24-18-10-15(11-19(12-18)25-2)20(23)22(14-17-7-5-9-26-17)13-16-6-3-4-8-21-16/h3-12H,13-14H2,1-2H3. The van der Waals surface area contributed by atoms with Crippen LogP contribution in [0.5, 0.6) is 11.5 Å². The zero-order valence-corrected chi connectivity index (χ0v) is 14.7. The molecule has 0 atom stereocenters. The average molecular weight is 352 g/mol. The summed E-state index contributed by atoms with van der Waals surface area (Å²) >= 11 is 0. The van der Waals surface area contributed by atoms with Crippen LogP contribution in [0.3, 0.4) is 0 Å². The Kier molecular flexibility index (Phi) is 5.53. The van der Waals surface area contributed by atoms with E-state index in [-0.39, 0.29) is 5.91 Å². The number of furan rings is 1. The molecule has 1 aromatic carbocycles. The van der Waals surface area contributed by atoms with Crippen molar-refractivity contribution in [3.05, 3.63) is 78.0 Å². The van der Waals surface area contributed by atoms with Gasteiger partial charge in [-0.05, 0) is 36.4 Å². The molecule has 26 heavy (non-hydrogen) atoms. The fourth-order valence-electron chi connectivity index (χ4n) is 2.59. The van der Waals surface area contributed by atoms with E-state index in [4.69, 9.17) is 13.9 Å². The van der Waals surface area contributed by atoms with Gasteiger partial charge in [0.15, 0.2) is 0 Å². The molecule has 0 N–H and O–H groups in total. The van der Waals surface area contributed by atoms with Crippen molar-refractivity contribution in [2.45, 2.75) is 13.1 Å². The highest BCUT2D eigenvalue weighted by Crippen LogP contribution is 2.24. The second-order valence-electron chi connectivity index (χ2n) is 5.66. The summed E-state index contributed by atoms with van der Waals surface area (Å²) in [6.45, 7) is 0.696. The van der Waals surface area contributed by atoms with Crippen LogP contribution in [0.15, 0.2) is 65.4 Å². The highest BCUT2D eigenvalue weighted by Gasteiger charge is 2.20. The molecular weight excluding hydrogens is 332 g/mol. The van der Waals surface area contributed by atoms with E-state index in [1.165, 1.54) is 0 Å². The molecule has 0 radical (unpaired) electrons. The smallest absolute Gasteiger partial charge is 0.254 e. The number of nitrogens with zero attached hydrogens (tertiary/aromatic N) is 2. The first kappa shape index (κ1) is 17.5. The van der Waals surface area contributed by atoms with Gasteiger partial charge in [-0.3, -0.25) is 9.78 Å². The first-order chi connectivity index (χ1) is 12.7. The molecular formula is C20H20N2O4. The number of methoxy groups -OCH3 is 2. The molecule has 0 aliphatic rings. The molecule has 0 spiro atoms. The van der Waals surface area contributed by atoms with E-state index in [2.05, 4.69) is 4.98 Å². The molecule has 2 aromatic heterocycles. The predicted octanol–water partition coefficient (Wildman–Crippen LogP) is 3.53. The van der Waals surface area contributed by atoms with Crippen LogP contribution in [0, 0.1) is 0 Å². The van der Waals surface area contributed by atoms with E-state index in [0.717, 1.165) is 5.69 Å². The number of ether oxygens (including phenoxy) is 2. The van der Waals surface area contributed by atoms with Crippen molar-refractivity contribution < 1.29 is 18.7 Å². The van der Waals surface area contributed by atoms with Crippen LogP contribution >= 0.6 is 0 Å². The zero-order chi connectivity index (χ0) is 18.4. The molecule has 0 fully saturated rings. The van der Waals surface area contributed by atoms with E-state index in [1.807, 2.05) is 24.3 Å². The summed E-state index contributed by atoms with van der Waals surface area (Å²) < 4.78 is 16.0. The summed E-state index contributed by atoms with van der Waals surface area (Å²) in [5.74, 6) is 1.65. The molecule has 0 aliphatic carbocycles. The van der Waals surface area contributed by atoms with Crippen LogP contribution in [-0.4, -0.2) is 30.0 Å². The van der Waals surface area contributed by atoms with Crippen LogP contribution in [0.1, 0.15) is 21.8 Å². The summed E-state index contributed by atoms with van der Waals surface area (Å²) in [7, 11) is 3.11. The van der Waals surface area contributed by atoms with Gasteiger partial charge in [0, 0.05) is 17.8 Å². The molecule has 6 nitrogen and oxygen atoms in total. The Bertz CT molecular complexity index is 825. The first-order valence-electron chi connectivity index (χ1n) is 8.14. The molecule has 6 heteroatoms. The van der Waals surface area contributed by atoms with E-state index in [0.29, 0.717) is 35.9 Å². The maximum absolute atomic E-state index is 13.2.